The summed E-state index contributed by atoms with van der Waals surface area (Å²) in [6, 6.07) is 7.64. The lowest BCUT2D eigenvalue weighted by molar-refractivity contribution is 0.405. The van der Waals surface area contributed by atoms with Crippen molar-refractivity contribution in [2.75, 3.05) is 7.11 Å². The van der Waals surface area contributed by atoms with E-state index >= 15 is 0 Å². The molecule has 0 bridgehead atoms. The van der Waals surface area contributed by atoms with Crippen LogP contribution in [0.4, 0.5) is 0 Å². The molecule has 0 aliphatic rings. The van der Waals surface area contributed by atoms with Crippen molar-refractivity contribution in [2.45, 2.75) is 29.9 Å². The number of nitrogens with two attached hydrogens (primary N) is 1. The fourth-order valence-electron chi connectivity index (χ4n) is 1.81. The minimum absolute atomic E-state index is 0.108. The molecule has 0 aliphatic carbocycles. The largest absolute Gasteiger partial charge is 0.496 e. The molecule has 0 aliphatic heterocycles. The van der Waals surface area contributed by atoms with Gasteiger partial charge in [-0.05, 0) is 43.8 Å². The van der Waals surface area contributed by atoms with Crippen LogP contribution in [0.3, 0.4) is 0 Å². The van der Waals surface area contributed by atoms with Gasteiger partial charge in [0, 0.05) is 28.4 Å². The molecule has 1 atom stereocenters. The van der Waals surface area contributed by atoms with Crippen LogP contribution in [0.5, 0.6) is 5.75 Å². The number of methoxy groups -OCH3 is 1. The van der Waals surface area contributed by atoms with Crippen LogP contribution in [0.25, 0.3) is 0 Å². The molecule has 0 saturated carbocycles. The molecule has 2 N–H and O–H groups in total. The Bertz CT molecular complexity index is 572. The molecule has 0 fully saturated rings. The fourth-order valence-corrected chi connectivity index (χ4v) is 2.86. The Morgan fingerprint density at radius 3 is 2.74 bits per heavy atom. The van der Waals surface area contributed by atoms with Gasteiger partial charge < -0.3 is 10.5 Å². The van der Waals surface area contributed by atoms with E-state index in [0.717, 1.165) is 27.1 Å². The Morgan fingerprint density at radius 2 is 2.11 bits per heavy atom. The molecule has 19 heavy (non-hydrogen) atoms. The number of aryl methyl sites for hydroxylation is 1. The minimum atomic E-state index is -0.108. The lowest BCUT2D eigenvalue weighted by atomic mass is 10.1. The first kappa shape index (κ1) is 13.8. The number of hydrogen-bond acceptors (Lipinski definition) is 5. The molecule has 2 rings (SSSR count). The Balaban J connectivity index is 2.39. The van der Waals surface area contributed by atoms with E-state index in [1.807, 2.05) is 38.1 Å². The van der Waals surface area contributed by atoms with Gasteiger partial charge in [-0.25, -0.2) is 9.97 Å². The number of nitrogens with zero attached hydrogens (tertiary/aromatic N) is 2. The summed E-state index contributed by atoms with van der Waals surface area (Å²) in [4.78, 5) is 9.68. The molecule has 2 aromatic rings. The van der Waals surface area contributed by atoms with Crippen molar-refractivity contribution in [1.82, 2.24) is 9.97 Å². The zero-order chi connectivity index (χ0) is 13.8. The van der Waals surface area contributed by atoms with Gasteiger partial charge in [-0.2, -0.15) is 0 Å². The highest BCUT2D eigenvalue weighted by Crippen LogP contribution is 2.36. The SMILES string of the molecule is COc1cccc(Sc2nccc(C)n2)c1C(C)N. The zero-order valence-electron chi connectivity index (χ0n) is 11.3. The second-order valence-electron chi connectivity index (χ2n) is 4.24. The van der Waals surface area contributed by atoms with Gasteiger partial charge in [0.1, 0.15) is 5.75 Å². The highest BCUT2D eigenvalue weighted by Gasteiger charge is 2.14. The Hall–Kier alpha value is -1.59. The molecule has 0 radical (unpaired) electrons. The van der Waals surface area contributed by atoms with Crippen LogP contribution in [0.1, 0.15) is 24.2 Å². The van der Waals surface area contributed by atoms with Crippen molar-refractivity contribution >= 4 is 11.8 Å². The molecule has 0 amide bonds. The summed E-state index contributed by atoms with van der Waals surface area (Å²) in [6.45, 7) is 3.89. The molecule has 0 saturated heterocycles. The molecule has 1 heterocycles. The van der Waals surface area contributed by atoms with E-state index in [1.165, 1.54) is 11.8 Å². The predicted molar refractivity (Wildman–Crippen MR) is 76.5 cm³/mol. The minimum Gasteiger partial charge on any atom is -0.496 e. The Kier molecular flexibility index (Phi) is 4.39. The average Bonchev–Trinajstić information content (AvgIpc) is 2.38. The van der Waals surface area contributed by atoms with Crippen molar-refractivity contribution in [3.8, 4) is 5.75 Å². The van der Waals surface area contributed by atoms with Crippen LogP contribution in [0.2, 0.25) is 0 Å². The molecule has 5 heteroatoms. The third-order valence-corrected chi connectivity index (χ3v) is 3.63. The van der Waals surface area contributed by atoms with Gasteiger partial charge in [0.25, 0.3) is 0 Å². The molecule has 1 aromatic carbocycles. The summed E-state index contributed by atoms with van der Waals surface area (Å²) < 4.78 is 5.37. The van der Waals surface area contributed by atoms with Crippen molar-refractivity contribution < 1.29 is 4.74 Å². The lowest BCUT2D eigenvalue weighted by Gasteiger charge is -2.15. The highest BCUT2D eigenvalue weighted by molar-refractivity contribution is 7.99. The summed E-state index contributed by atoms with van der Waals surface area (Å²) in [5, 5.41) is 0.718. The molecular weight excluding hydrogens is 258 g/mol. The van der Waals surface area contributed by atoms with E-state index in [9.17, 15) is 0 Å². The number of benzene rings is 1. The summed E-state index contributed by atoms with van der Waals surface area (Å²) >= 11 is 1.50. The highest BCUT2D eigenvalue weighted by atomic mass is 32.2. The Morgan fingerprint density at radius 1 is 1.32 bits per heavy atom. The van der Waals surface area contributed by atoms with Gasteiger partial charge >= 0.3 is 0 Å². The molecular formula is C14H17N3OS. The van der Waals surface area contributed by atoms with Crippen LogP contribution in [-0.2, 0) is 0 Å². The number of ether oxygens (including phenoxy) is 1. The molecule has 1 unspecified atom stereocenters. The van der Waals surface area contributed by atoms with Crippen LogP contribution < -0.4 is 10.5 Å². The normalized spacial score (nSPS) is 12.2. The van der Waals surface area contributed by atoms with Crippen molar-refractivity contribution in [2.24, 2.45) is 5.73 Å². The second kappa shape index (κ2) is 6.04. The third-order valence-electron chi connectivity index (χ3n) is 2.68. The van der Waals surface area contributed by atoms with E-state index < -0.39 is 0 Å². The second-order valence-corrected chi connectivity index (χ2v) is 5.25. The van der Waals surface area contributed by atoms with E-state index in [0.29, 0.717) is 0 Å². The van der Waals surface area contributed by atoms with Crippen molar-refractivity contribution in [3.63, 3.8) is 0 Å². The quantitative estimate of drug-likeness (QED) is 0.869. The van der Waals surface area contributed by atoms with Gasteiger partial charge in [-0.1, -0.05) is 6.07 Å². The zero-order valence-corrected chi connectivity index (χ0v) is 12.1. The van der Waals surface area contributed by atoms with Crippen LogP contribution >= 0.6 is 11.8 Å². The maximum absolute atomic E-state index is 6.04. The maximum Gasteiger partial charge on any atom is 0.192 e. The van der Waals surface area contributed by atoms with Crippen molar-refractivity contribution in [3.05, 3.63) is 41.7 Å². The average molecular weight is 275 g/mol. The van der Waals surface area contributed by atoms with E-state index in [1.54, 1.807) is 13.3 Å². The first-order valence-corrected chi connectivity index (χ1v) is 6.83. The lowest BCUT2D eigenvalue weighted by Crippen LogP contribution is -2.08. The topological polar surface area (TPSA) is 61.0 Å². The molecule has 100 valence electrons. The predicted octanol–water partition coefficient (Wildman–Crippen LogP) is 2.96. The van der Waals surface area contributed by atoms with Gasteiger partial charge in [0.2, 0.25) is 0 Å². The smallest absolute Gasteiger partial charge is 0.192 e. The van der Waals surface area contributed by atoms with E-state index in [4.69, 9.17) is 10.5 Å². The van der Waals surface area contributed by atoms with Gasteiger partial charge in [0.15, 0.2) is 5.16 Å². The van der Waals surface area contributed by atoms with Gasteiger partial charge in [-0.15, -0.1) is 0 Å². The van der Waals surface area contributed by atoms with Crippen LogP contribution in [0.15, 0.2) is 40.5 Å². The number of hydrogen-bond donors (Lipinski definition) is 1. The maximum atomic E-state index is 6.04. The first-order chi connectivity index (χ1) is 9.11. The standard InChI is InChI=1S/C14H17N3OS/c1-9-7-8-16-14(17-9)19-12-6-4-5-11(18-3)13(12)10(2)15/h4-8,10H,15H2,1-3H3. The van der Waals surface area contributed by atoms with Gasteiger partial charge in [-0.3, -0.25) is 0 Å². The number of rotatable bonds is 4. The Labute approximate surface area is 117 Å². The van der Waals surface area contributed by atoms with E-state index in [-0.39, 0.29) is 6.04 Å². The van der Waals surface area contributed by atoms with Crippen LogP contribution in [-0.4, -0.2) is 17.1 Å². The monoisotopic (exact) mass is 275 g/mol. The van der Waals surface area contributed by atoms with Crippen LogP contribution in [0, 0.1) is 6.92 Å². The number of aromatic nitrogens is 2. The summed E-state index contributed by atoms with van der Waals surface area (Å²) in [6.07, 6.45) is 1.76. The third kappa shape index (κ3) is 3.24. The fraction of sp³-hybridized carbons (Fsp3) is 0.286. The van der Waals surface area contributed by atoms with E-state index in [2.05, 4.69) is 9.97 Å². The van der Waals surface area contributed by atoms with Crippen molar-refractivity contribution in [1.29, 1.82) is 0 Å². The molecule has 4 nitrogen and oxygen atoms in total. The first-order valence-electron chi connectivity index (χ1n) is 6.02. The summed E-state index contributed by atoms with van der Waals surface area (Å²) in [5.41, 5.74) is 7.97. The summed E-state index contributed by atoms with van der Waals surface area (Å²) in [5.74, 6) is 0.799. The summed E-state index contributed by atoms with van der Waals surface area (Å²) in [7, 11) is 1.65. The molecule has 0 spiro atoms. The molecule has 1 aromatic heterocycles. The van der Waals surface area contributed by atoms with Gasteiger partial charge in [0.05, 0.1) is 7.11 Å².